The first-order valence-electron chi connectivity index (χ1n) is 3.72. The van der Waals surface area contributed by atoms with Crippen LogP contribution < -0.4 is 0 Å². The molecule has 0 N–H and O–H groups in total. The molecule has 1 aromatic heterocycles. The molecule has 0 amide bonds. The summed E-state index contributed by atoms with van der Waals surface area (Å²) in [5, 5.41) is 4.34. The Morgan fingerprint density at radius 3 is 2.85 bits per heavy atom. The molecule has 0 bridgehead atoms. The quantitative estimate of drug-likeness (QED) is 0.686. The van der Waals surface area contributed by atoms with Gasteiger partial charge in [-0.1, -0.05) is 11.6 Å². The fourth-order valence-corrected chi connectivity index (χ4v) is 1.33. The predicted octanol–water partition coefficient (Wildman–Crippen LogP) is 2.66. The maximum Gasteiger partial charge on any atom is 0.124 e. The first kappa shape index (κ1) is 8.26. The van der Waals surface area contributed by atoms with Gasteiger partial charge in [0.25, 0.3) is 0 Å². The summed E-state index contributed by atoms with van der Waals surface area (Å²) >= 11 is 5.82. The molecule has 66 valence electrons. The van der Waals surface area contributed by atoms with Crippen LogP contribution in [0.5, 0.6) is 0 Å². The van der Waals surface area contributed by atoms with E-state index in [9.17, 15) is 4.39 Å². The van der Waals surface area contributed by atoms with Crippen LogP contribution in [-0.2, 0) is 0 Å². The molecular weight excluding hydrogens is 191 g/mol. The third-order valence-electron chi connectivity index (χ3n) is 1.66. The van der Waals surface area contributed by atoms with Crippen molar-refractivity contribution in [3.8, 4) is 5.69 Å². The molecule has 1 aromatic carbocycles. The van der Waals surface area contributed by atoms with Gasteiger partial charge in [0.1, 0.15) is 5.82 Å². The van der Waals surface area contributed by atoms with Gasteiger partial charge in [0.05, 0.1) is 10.7 Å². The zero-order chi connectivity index (χ0) is 9.26. The van der Waals surface area contributed by atoms with Gasteiger partial charge in [-0.2, -0.15) is 5.10 Å². The van der Waals surface area contributed by atoms with Gasteiger partial charge < -0.3 is 0 Å². The van der Waals surface area contributed by atoms with Gasteiger partial charge >= 0.3 is 0 Å². The average molecular weight is 197 g/mol. The first-order valence-corrected chi connectivity index (χ1v) is 4.10. The summed E-state index contributed by atoms with van der Waals surface area (Å²) < 4.78 is 14.3. The Kier molecular flexibility index (Phi) is 2.02. The average Bonchev–Trinajstić information content (AvgIpc) is 2.56. The highest BCUT2D eigenvalue weighted by atomic mass is 35.5. The van der Waals surface area contributed by atoms with E-state index in [-0.39, 0.29) is 5.82 Å². The van der Waals surface area contributed by atoms with Crippen LogP contribution in [0.2, 0.25) is 5.02 Å². The molecule has 0 spiro atoms. The van der Waals surface area contributed by atoms with Gasteiger partial charge in [-0.15, -0.1) is 0 Å². The Hall–Kier alpha value is -1.35. The van der Waals surface area contributed by atoms with E-state index in [0.717, 1.165) is 0 Å². The fraction of sp³-hybridized carbons (Fsp3) is 0. The van der Waals surface area contributed by atoms with E-state index in [1.54, 1.807) is 29.2 Å². The van der Waals surface area contributed by atoms with Crippen molar-refractivity contribution in [2.24, 2.45) is 0 Å². The SMILES string of the molecule is Fc1ccc(-n2cccn2)c(Cl)c1. The summed E-state index contributed by atoms with van der Waals surface area (Å²) in [5.41, 5.74) is 0.674. The van der Waals surface area contributed by atoms with E-state index in [0.29, 0.717) is 10.7 Å². The summed E-state index contributed by atoms with van der Waals surface area (Å²) in [4.78, 5) is 0. The molecule has 0 aliphatic heterocycles. The van der Waals surface area contributed by atoms with E-state index < -0.39 is 0 Å². The topological polar surface area (TPSA) is 17.8 Å². The van der Waals surface area contributed by atoms with Crippen LogP contribution in [0.4, 0.5) is 4.39 Å². The molecule has 0 aliphatic carbocycles. The number of nitrogens with zero attached hydrogens (tertiary/aromatic N) is 2. The normalized spacial score (nSPS) is 10.3. The molecule has 0 radical (unpaired) electrons. The van der Waals surface area contributed by atoms with Crippen LogP contribution in [0.25, 0.3) is 5.69 Å². The zero-order valence-electron chi connectivity index (χ0n) is 6.61. The summed E-state index contributed by atoms with van der Waals surface area (Å²) in [7, 11) is 0. The molecule has 0 unspecified atom stereocenters. The standard InChI is InChI=1S/C9H6ClFN2/c10-8-6-7(11)2-3-9(8)13-5-1-4-12-13/h1-6H. The highest BCUT2D eigenvalue weighted by Crippen LogP contribution is 2.20. The van der Waals surface area contributed by atoms with Crippen LogP contribution >= 0.6 is 11.6 Å². The van der Waals surface area contributed by atoms with Gasteiger partial charge in [0, 0.05) is 12.4 Å². The van der Waals surface area contributed by atoms with Crippen molar-refractivity contribution in [3.05, 3.63) is 47.5 Å². The van der Waals surface area contributed by atoms with E-state index in [1.165, 1.54) is 12.1 Å². The Balaban J connectivity index is 2.53. The van der Waals surface area contributed by atoms with Crippen LogP contribution in [0, 0.1) is 5.82 Å². The second-order valence-electron chi connectivity index (χ2n) is 2.55. The van der Waals surface area contributed by atoms with Gasteiger partial charge in [-0.05, 0) is 24.3 Å². The minimum atomic E-state index is -0.346. The Labute approximate surface area is 79.6 Å². The van der Waals surface area contributed by atoms with Gasteiger partial charge in [0.15, 0.2) is 0 Å². The molecule has 0 saturated carbocycles. The second-order valence-corrected chi connectivity index (χ2v) is 2.95. The zero-order valence-corrected chi connectivity index (χ0v) is 7.37. The number of benzene rings is 1. The molecule has 0 fully saturated rings. The van der Waals surface area contributed by atoms with Crippen molar-refractivity contribution in [1.82, 2.24) is 9.78 Å². The lowest BCUT2D eigenvalue weighted by Gasteiger charge is -2.02. The molecule has 4 heteroatoms. The molecule has 0 aliphatic rings. The number of hydrogen-bond donors (Lipinski definition) is 0. The third kappa shape index (κ3) is 1.55. The number of hydrogen-bond acceptors (Lipinski definition) is 1. The van der Waals surface area contributed by atoms with Crippen molar-refractivity contribution in [3.63, 3.8) is 0 Å². The van der Waals surface area contributed by atoms with E-state index in [1.807, 2.05) is 0 Å². The van der Waals surface area contributed by atoms with Crippen molar-refractivity contribution in [1.29, 1.82) is 0 Å². The predicted molar refractivity (Wildman–Crippen MR) is 48.5 cm³/mol. The van der Waals surface area contributed by atoms with Gasteiger partial charge in [-0.25, -0.2) is 9.07 Å². The number of halogens is 2. The maximum atomic E-state index is 12.7. The Bertz CT molecular complexity index is 412. The second kappa shape index (κ2) is 3.18. The van der Waals surface area contributed by atoms with Crippen molar-refractivity contribution in [2.75, 3.05) is 0 Å². The van der Waals surface area contributed by atoms with Crippen molar-refractivity contribution in [2.45, 2.75) is 0 Å². The maximum absolute atomic E-state index is 12.7. The first-order chi connectivity index (χ1) is 6.27. The summed E-state index contributed by atoms with van der Waals surface area (Å²) in [6.07, 6.45) is 3.39. The Morgan fingerprint density at radius 2 is 2.23 bits per heavy atom. The van der Waals surface area contributed by atoms with E-state index in [2.05, 4.69) is 5.10 Å². The minimum absolute atomic E-state index is 0.346. The molecule has 0 atom stereocenters. The summed E-state index contributed by atoms with van der Waals surface area (Å²) in [6, 6.07) is 5.98. The smallest absolute Gasteiger partial charge is 0.124 e. The molecule has 13 heavy (non-hydrogen) atoms. The van der Waals surface area contributed by atoms with Crippen LogP contribution in [0.1, 0.15) is 0 Å². The van der Waals surface area contributed by atoms with Crippen molar-refractivity contribution < 1.29 is 4.39 Å². The molecule has 2 rings (SSSR count). The van der Waals surface area contributed by atoms with Gasteiger partial charge in [0.2, 0.25) is 0 Å². The van der Waals surface area contributed by atoms with Gasteiger partial charge in [-0.3, -0.25) is 0 Å². The highest BCUT2D eigenvalue weighted by molar-refractivity contribution is 6.32. The molecular formula is C9H6ClFN2. The highest BCUT2D eigenvalue weighted by Gasteiger charge is 2.03. The van der Waals surface area contributed by atoms with Crippen LogP contribution in [0.3, 0.4) is 0 Å². The van der Waals surface area contributed by atoms with E-state index >= 15 is 0 Å². The number of rotatable bonds is 1. The lowest BCUT2D eigenvalue weighted by molar-refractivity contribution is 0.627. The van der Waals surface area contributed by atoms with Crippen molar-refractivity contribution >= 4 is 11.6 Å². The molecule has 2 aromatic rings. The van der Waals surface area contributed by atoms with E-state index in [4.69, 9.17) is 11.6 Å². The molecule has 2 nitrogen and oxygen atoms in total. The lowest BCUT2D eigenvalue weighted by atomic mass is 10.3. The number of aromatic nitrogens is 2. The fourth-order valence-electron chi connectivity index (χ4n) is 1.08. The van der Waals surface area contributed by atoms with Crippen LogP contribution in [-0.4, -0.2) is 9.78 Å². The monoisotopic (exact) mass is 196 g/mol. The molecule has 1 heterocycles. The van der Waals surface area contributed by atoms with Crippen LogP contribution in [0.15, 0.2) is 36.7 Å². The summed E-state index contributed by atoms with van der Waals surface area (Å²) in [5.74, 6) is -0.346. The Morgan fingerprint density at radius 1 is 1.38 bits per heavy atom. The third-order valence-corrected chi connectivity index (χ3v) is 1.96. The largest absolute Gasteiger partial charge is 0.239 e. The minimum Gasteiger partial charge on any atom is -0.239 e. The molecule has 0 saturated heterocycles. The summed E-state index contributed by atoms with van der Waals surface area (Å²) in [6.45, 7) is 0. The lowest BCUT2D eigenvalue weighted by Crippen LogP contribution is -1.95.